The number of benzene rings is 1. The van der Waals surface area contributed by atoms with Crippen molar-refractivity contribution in [3.63, 3.8) is 0 Å². The molecule has 2 N–H and O–H groups in total. The Bertz CT molecular complexity index is 969. The predicted octanol–water partition coefficient (Wildman–Crippen LogP) is 2.51. The van der Waals surface area contributed by atoms with Crippen LogP contribution in [0.4, 0.5) is 5.95 Å². The SMILES string of the molecule is Cc1nc(NC(=O)c2cc(C(=O)OC(C)(C)C)n(-c3ccccc3)n2)n[nH]1. The van der Waals surface area contributed by atoms with Crippen LogP contribution >= 0.6 is 0 Å². The van der Waals surface area contributed by atoms with Crippen molar-refractivity contribution in [1.82, 2.24) is 25.0 Å². The van der Waals surface area contributed by atoms with E-state index in [1.165, 1.54) is 10.7 Å². The maximum absolute atomic E-state index is 12.6. The molecule has 9 heteroatoms. The van der Waals surface area contributed by atoms with Crippen molar-refractivity contribution in [3.05, 3.63) is 53.6 Å². The molecule has 0 spiro atoms. The third-order valence-electron chi connectivity index (χ3n) is 3.37. The minimum atomic E-state index is -0.679. The highest BCUT2D eigenvalue weighted by Gasteiger charge is 2.25. The minimum absolute atomic E-state index is 0.0437. The summed E-state index contributed by atoms with van der Waals surface area (Å²) in [5.41, 5.74) is 0.141. The second kappa shape index (κ2) is 7.02. The van der Waals surface area contributed by atoms with Crippen LogP contribution in [0, 0.1) is 6.92 Å². The molecule has 1 aromatic carbocycles. The molecule has 140 valence electrons. The fourth-order valence-corrected chi connectivity index (χ4v) is 2.30. The summed E-state index contributed by atoms with van der Waals surface area (Å²) in [6, 6.07) is 10.4. The third-order valence-corrected chi connectivity index (χ3v) is 3.37. The summed E-state index contributed by atoms with van der Waals surface area (Å²) in [6.45, 7) is 7.03. The standard InChI is InChI=1S/C18H20N6O3/c1-11-19-17(22-21-11)20-15(25)13-10-14(16(26)27-18(2,3)4)24(23-13)12-8-6-5-7-9-12/h5-10H,1-4H3,(H2,19,20,21,22,25). The van der Waals surface area contributed by atoms with E-state index in [0.29, 0.717) is 11.5 Å². The molecule has 0 aliphatic heterocycles. The van der Waals surface area contributed by atoms with Crippen molar-refractivity contribution < 1.29 is 14.3 Å². The second-order valence-electron chi connectivity index (χ2n) is 6.86. The molecule has 27 heavy (non-hydrogen) atoms. The van der Waals surface area contributed by atoms with E-state index in [1.807, 2.05) is 18.2 Å². The lowest BCUT2D eigenvalue weighted by molar-refractivity contribution is 0.00593. The number of aryl methyl sites for hydroxylation is 1. The molecule has 2 aromatic heterocycles. The number of aromatic amines is 1. The number of anilines is 1. The zero-order chi connectivity index (χ0) is 19.6. The Morgan fingerprint density at radius 1 is 1.19 bits per heavy atom. The molecular weight excluding hydrogens is 348 g/mol. The lowest BCUT2D eigenvalue weighted by Crippen LogP contribution is -2.25. The average molecular weight is 368 g/mol. The Labute approximate surface area is 155 Å². The van der Waals surface area contributed by atoms with Gasteiger partial charge >= 0.3 is 5.97 Å². The van der Waals surface area contributed by atoms with E-state index in [0.717, 1.165) is 0 Å². The average Bonchev–Trinajstić information content (AvgIpc) is 3.21. The predicted molar refractivity (Wildman–Crippen MR) is 97.8 cm³/mol. The van der Waals surface area contributed by atoms with Gasteiger partial charge in [-0.15, -0.1) is 5.10 Å². The topological polar surface area (TPSA) is 115 Å². The van der Waals surface area contributed by atoms with Crippen LogP contribution in [0.5, 0.6) is 0 Å². The molecule has 1 amide bonds. The maximum atomic E-state index is 12.6. The molecule has 0 atom stereocenters. The van der Waals surface area contributed by atoms with Gasteiger partial charge in [-0.1, -0.05) is 18.2 Å². The molecule has 0 unspecified atom stereocenters. The normalized spacial score (nSPS) is 11.3. The van der Waals surface area contributed by atoms with E-state index in [4.69, 9.17) is 4.74 Å². The van der Waals surface area contributed by atoms with E-state index < -0.39 is 17.5 Å². The summed E-state index contributed by atoms with van der Waals surface area (Å²) in [7, 11) is 0. The number of nitrogens with one attached hydrogen (secondary N) is 2. The Morgan fingerprint density at radius 3 is 2.48 bits per heavy atom. The van der Waals surface area contributed by atoms with Crippen LogP contribution in [0.1, 0.15) is 47.6 Å². The van der Waals surface area contributed by atoms with E-state index >= 15 is 0 Å². The van der Waals surface area contributed by atoms with Gasteiger partial charge in [0.25, 0.3) is 5.91 Å². The summed E-state index contributed by atoms with van der Waals surface area (Å²) in [6.07, 6.45) is 0. The largest absolute Gasteiger partial charge is 0.455 e. The van der Waals surface area contributed by atoms with Gasteiger partial charge in [-0.05, 0) is 39.8 Å². The smallest absolute Gasteiger partial charge is 0.357 e. The summed E-state index contributed by atoms with van der Waals surface area (Å²) >= 11 is 0. The van der Waals surface area contributed by atoms with Gasteiger partial charge in [0.05, 0.1) is 5.69 Å². The van der Waals surface area contributed by atoms with Gasteiger partial charge in [0.15, 0.2) is 11.4 Å². The molecule has 0 saturated carbocycles. The fourth-order valence-electron chi connectivity index (χ4n) is 2.30. The molecule has 9 nitrogen and oxygen atoms in total. The number of para-hydroxylation sites is 1. The first kappa shape index (κ1) is 18.3. The number of hydrogen-bond donors (Lipinski definition) is 2. The van der Waals surface area contributed by atoms with Crippen LogP contribution in [0.3, 0.4) is 0 Å². The molecule has 0 radical (unpaired) electrons. The van der Waals surface area contributed by atoms with Crippen molar-refractivity contribution in [2.45, 2.75) is 33.3 Å². The number of amides is 1. The quantitative estimate of drug-likeness (QED) is 0.684. The van der Waals surface area contributed by atoms with Crippen molar-refractivity contribution >= 4 is 17.8 Å². The summed E-state index contributed by atoms with van der Waals surface area (Å²) < 4.78 is 6.82. The van der Waals surface area contributed by atoms with Gasteiger partial charge in [0.2, 0.25) is 5.95 Å². The zero-order valence-electron chi connectivity index (χ0n) is 15.5. The van der Waals surface area contributed by atoms with E-state index in [-0.39, 0.29) is 17.3 Å². The number of esters is 1. The summed E-state index contributed by atoms with van der Waals surface area (Å²) in [5, 5.41) is 13.3. The lowest BCUT2D eigenvalue weighted by atomic mass is 10.2. The zero-order valence-corrected chi connectivity index (χ0v) is 15.5. The minimum Gasteiger partial charge on any atom is -0.455 e. The van der Waals surface area contributed by atoms with Crippen LogP contribution in [0.15, 0.2) is 36.4 Å². The maximum Gasteiger partial charge on any atom is 0.357 e. The van der Waals surface area contributed by atoms with Crippen LogP contribution in [-0.4, -0.2) is 42.4 Å². The Morgan fingerprint density at radius 2 is 1.89 bits per heavy atom. The molecule has 0 fully saturated rings. The van der Waals surface area contributed by atoms with Crippen molar-refractivity contribution in [2.75, 3.05) is 5.32 Å². The lowest BCUT2D eigenvalue weighted by Gasteiger charge is -2.19. The van der Waals surface area contributed by atoms with Crippen molar-refractivity contribution in [3.8, 4) is 5.69 Å². The Hall–Kier alpha value is -3.49. The van der Waals surface area contributed by atoms with Crippen LogP contribution in [0.2, 0.25) is 0 Å². The van der Waals surface area contributed by atoms with Gasteiger partial charge in [0, 0.05) is 6.07 Å². The number of carbonyl (C=O) groups excluding carboxylic acids is 2. The highest BCUT2D eigenvalue weighted by molar-refractivity contribution is 6.03. The fraction of sp³-hybridized carbons (Fsp3) is 0.278. The first-order chi connectivity index (χ1) is 12.7. The molecule has 3 aromatic rings. The number of ether oxygens (including phenoxy) is 1. The molecular formula is C18H20N6O3. The van der Waals surface area contributed by atoms with Crippen molar-refractivity contribution in [2.24, 2.45) is 0 Å². The number of carbonyl (C=O) groups is 2. The van der Waals surface area contributed by atoms with E-state index in [1.54, 1.807) is 39.8 Å². The monoisotopic (exact) mass is 368 g/mol. The molecule has 0 aliphatic rings. The summed E-state index contributed by atoms with van der Waals surface area (Å²) in [5.74, 6) is -0.416. The Kier molecular flexibility index (Phi) is 4.76. The molecule has 2 heterocycles. The van der Waals surface area contributed by atoms with Crippen LogP contribution in [-0.2, 0) is 4.74 Å². The molecule has 0 bridgehead atoms. The molecule has 3 rings (SSSR count). The van der Waals surface area contributed by atoms with Gasteiger partial charge in [-0.3, -0.25) is 15.2 Å². The van der Waals surface area contributed by atoms with Gasteiger partial charge in [0.1, 0.15) is 11.4 Å². The van der Waals surface area contributed by atoms with Gasteiger partial charge < -0.3 is 4.74 Å². The van der Waals surface area contributed by atoms with E-state index in [2.05, 4.69) is 25.6 Å². The van der Waals surface area contributed by atoms with E-state index in [9.17, 15) is 9.59 Å². The third kappa shape index (κ3) is 4.38. The highest BCUT2D eigenvalue weighted by atomic mass is 16.6. The first-order valence-electron chi connectivity index (χ1n) is 8.32. The number of aromatic nitrogens is 5. The Balaban J connectivity index is 1.96. The molecule has 0 aliphatic carbocycles. The second-order valence-corrected chi connectivity index (χ2v) is 6.86. The number of rotatable bonds is 4. The number of nitrogens with zero attached hydrogens (tertiary/aromatic N) is 4. The van der Waals surface area contributed by atoms with Gasteiger partial charge in [-0.2, -0.15) is 10.1 Å². The highest BCUT2D eigenvalue weighted by Crippen LogP contribution is 2.18. The van der Waals surface area contributed by atoms with Crippen LogP contribution in [0.25, 0.3) is 5.69 Å². The summed E-state index contributed by atoms with van der Waals surface area (Å²) in [4.78, 5) is 29.1. The molecule has 0 saturated heterocycles. The number of H-pyrrole nitrogens is 1. The van der Waals surface area contributed by atoms with Gasteiger partial charge in [-0.25, -0.2) is 9.48 Å². The van der Waals surface area contributed by atoms with Crippen LogP contribution < -0.4 is 5.32 Å². The number of hydrogen-bond acceptors (Lipinski definition) is 6. The van der Waals surface area contributed by atoms with Crippen molar-refractivity contribution in [1.29, 1.82) is 0 Å². The first-order valence-corrected chi connectivity index (χ1v) is 8.32.